The van der Waals surface area contributed by atoms with Gasteiger partial charge in [-0.25, -0.2) is 0 Å². The van der Waals surface area contributed by atoms with Crippen molar-refractivity contribution in [2.75, 3.05) is 5.32 Å². The van der Waals surface area contributed by atoms with Gasteiger partial charge in [-0.05, 0) is 25.8 Å². The molecule has 1 aliphatic carbocycles. The third kappa shape index (κ3) is 3.17. The summed E-state index contributed by atoms with van der Waals surface area (Å²) in [6, 6.07) is 2.41. The molecule has 1 saturated carbocycles. The van der Waals surface area contributed by atoms with E-state index in [1.165, 1.54) is 0 Å². The Morgan fingerprint density at radius 3 is 3.15 bits per heavy atom. The van der Waals surface area contributed by atoms with Gasteiger partial charge in [0.25, 0.3) is 0 Å². The maximum absolute atomic E-state index is 11.7. The maximum atomic E-state index is 11.7. The highest BCUT2D eigenvalue weighted by molar-refractivity contribution is 5.76. The summed E-state index contributed by atoms with van der Waals surface area (Å²) in [5.41, 5.74) is 1.88. The predicted octanol–water partition coefficient (Wildman–Crippen LogP) is 1.06. The lowest BCUT2D eigenvalue weighted by atomic mass is 10.2. The van der Waals surface area contributed by atoms with Crippen LogP contribution in [-0.2, 0) is 11.3 Å². The van der Waals surface area contributed by atoms with Gasteiger partial charge in [0.2, 0.25) is 5.91 Å². The Hall–Kier alpha value is -2.31. The van der Waals surface area contributed by atoms with Crippen molar-refractivity contribution in [3.63, 3.8) is 0 Å². The summed E-state index contributed by atoms with van der Waals surface area (Å²) >= 11 is 0. The summed E-state index contributed by atoms with van der Waals surface area (Å²) in [5, 5.41) is 17.3. The molecule has 2 heterocycles. The number of hydrogen-bond donors (Lipinski definition) is 3. The Morgan fingerprint density at radius 2 is 2.45 bits per heavy atom. The molecule has 2 aromatic rings. The summed E-state index contributed by atoms with van der Waals surface area (Å²) in [5.74, 6) is 0.0174. The number of carbonyl (C=O) groups excluding carboxylic acids is 1. The molecule has 1 fully saturated rings. The Morgan fingerprint density at radius 1 is 1.60 bits per heavy atom. The van der Waals surface area contributed by atoms with Gasteiger partial charge in [0, 0.05) is 18.4 Å². The highest BCUT2D eigenvalue weighted by Crippen LogP contribution is 2.19. The monoisotopic (exact) mass is 274 g/mol. The Kier molecular flexibility index (Phi) is 3.41. The zero-order valence-electron chi connectivity index (χ0n) is 11.3. The topological polar surface area (TPSA) is 87.6 Å². The van der Waals surface area contributed by atoms with Crippen molar-refractivity contribution in [1.82, 2.24) is 25.3 Å². The van der Waals surface area contributed by atoms with Crippen molar-refractivity contribution in [3.05, 3.63) is 30.4 Å². The smallest absolute Gasteiger partial charge is 0.241 e. The van der Waals surface area contributed by atoms with Gasteiger partial charge < -0.3 is 10.6 Å². The maximum Gasteiger partial charge on any atom is 0.241 e. The normalized spacial score (nSPS) is 15.8. The first-order valence-corrected chi connectivity index (χ1v) is 6.78. The van der Waals surface area contributed by atoms with E-state index in [0.29, 0.717) is 6.04 Å². The highest BCUT2D eigenvalue weighted by Gasteiger charge is 2.23. The van der Waals surface area contributed by atoms with E-state index >= 15 is 0 Å². The quantitative estimate of drug-likeness (QED) is 0.735. The van der Waals surface area contributed by atoms with Crippen LogP contribution in [0.2, 0.25) is 0 Å². The minimum absolute atomic E-state index is 0.0174. The summed E-state index contributed by atoms with van der Waals surface area (Å²) < 4.78 is 1.64. The first-order chi connectivity index (χ1) is 9.70. The molecule has 3 rings (SSSR count). The van der Waals surface area contributed by atoms with E-state index < -0.39 is 0 Å². The van der Waals surface area contributed by atoms with E-state index in [1.54, 1.807) is 17.1 Å². The highest BCUT2D eigenvalue weighted by atomic mass is 16.2. The van der Waals surface area contributed by atoms with Crippen LogP contribution in [-0.4, -0.2) is 31.9 Å². The van der Waals surface area contributed by atoms with Crippen LogP contribution in [0.1, 0.15) is 31.5 Å². The molecule has 0 spiro atoms. The third-order valence-corrected chi connectivity index (χ3v) is 3.25. The van der Waals surface area contributed by atoms with Gasteiger partial charge >= 0.3 is 0 Å². The number of aromatic amines is 1. The fourth-order valence-corrected chi connectivity index (χ4v) is 2.01. The lowest BCUT2D eigenvalue weighted by Crippen LogP contribution is -2.29. The molecule has 1 amide bonds. The summed E-state index contributed by atoms with van der Waals surface area (Å²) in [4.78, 5) is 11.7. The second-order valence-electron chi connectivity index (χ2n) is 5.15. The van der Waals surface area contributed by atoms with Crippen molar-refractivity contribution >= 4 is 11.6 Å². The van der Waals surface area contributed by atoms with Crippen molar-refractivity contribution in [3.8, 4) is 0 Å². The number of aromatic nitrogens is 4. The van der Waals surface area contributed by atoms with E-state index in [1.807, 2.05) is 19.2 Å². The second-order valence-corrected chi connectivity index (χ2v) is 5.15. The number of carbonyl (C=O) groups is 1. The van der Waals surface area contributed by atoms with Gasteiger partial charge in [-0.3, -0.25) is 14.6 Å². The van der Waals surface area contributed by atoms with E-state index in [2.05, 4.69) is 25.9 Å². The average Bonchev–Trinajstić information content (AvgIpc) is 2.93. The number of hydrogen-bond acceptors (Lipinski definition) is 4. The molecule has 106 valence electrons. The molecule has 0 saturated heterocycles. The minimum Gasteiger partial charge on any atom is -0.374 e. The minimum atomic E-state index is 0.0174. The second kappa shape index (κ2) is 5.36. The molecule has 0 aromatic carbocycles. The average molecular weight is 274 g/mol. The van der Waals surface area contributed by atoms with E-state index in [4.69, 9.17) is 0 Å². The largest absolute Gasteiger partial charge is 0.374 e. The molecule has 0 aliphatic heterocycles. The first-order valence-electron chi connectivity index (χ1n) is 6.78. The van der Waals surface area contributed by atoms with Gasteiger partial charge in [0.1, 0.15) is 6.54 Å². The summed E-state index contributed by atoms with van der Waals surface area (Å²) in [7, 11) is 0. The van der Waals surface area contributed by atoms with E-state index in [9.17, 15) is 4.79 Å². The molecular weight excluding hydrogens is 256 g/mol. The van der Waals surface area contributed by atoms with Crippen LogP contribution in [0.25, 0.3) is 0 Å². The lowest BCUT2D eigenvalue weighted by Gasteiger charge is -2.10. The predicted molar refractivity (Wildman–Crippen MR) is 74.0 cm³/mol. The summed E-state index contributed by atoms with van der Waals surface area (Å²) in [6.07, 6.45) is 7.47. The van der Waals surface area contributed by atoms with Crippen molar-refractivity contribution in [2.45, 2.75) is 38.4 Å². The number of nitrogens with one attached hydrogen (secondary N) is 3. The number of anilines is 1. The number of nitrogens with zero attached hydrogens (tertiary/aromatic N) is 3. The van der Waals surface area contributed by atoms with Crippen molar-refractivity contribution in [2.24, 2.45) is 0 Å². The van der Waals surface area contributed by atoms with Crippen molar-refractivity contribution < 1.29 is 4.79 Å². The standard InChI is InChI=1S/C13H18N6O/c1-9(12-4-5-14-18-12)16-11-6-15-19(7-11)8-13(20)17-10-2-3-10/h4-7,9-10,16H,2-3,8H2,1H3,(H,14,18)(H,17,20). The van der Waals surface area contributed by atoms with Crippen LogP contribution in [0.15, 0.2) is 24.7 Å². The molecule has 20 heavy (non-hydrogen) atoms. The van der Waals surface area contributed by atoms with Crippen LogP contribution < -0.4 is 10.6 Å². The summed E-state index contributed by atoms with van der Waals surface area (Å²) in [6.45, 7) is 2.29. The van der Waals surface area contributed by atoms with Gasteiger partial charge in [0.05, 0.1) is 23.6 Å². The van der Waals surface area contributed by atoms with Crippen LogP contribution in [0.3, 0.4) is 0 Å². The van der Waals surface area contributed by atoms with Crippen LogP contribution in [0.4, 0.5) is 5.69 Å². The van der Waals surface area contributed by atoms with Crippen LogP contribution in [0.5, 0.6) is 0 Å². The van der Waals surface area contributed by atoms with Gasteiger partial charge in [-0.15, -0.1) is 0 Å². The Bertz CT molecular complexity index is 571. The van der Waals surface area contributed by atoms with Gasteiger partial charge in [-0.1, -0.05) is 0 Å². The Balaban J connectivity index is 1.54. The molecule has 7 heteroatoms. The molecule has 3 N–H and O–H groups in total. The molecule has 1 atom stereocenters. The fraction of sp³-hybridized carbons (Fsp3) is 0.462. The Labute approximate surface area is 116 Å². The molecule has 7 nitrogen and oxygen atoms in total. The molecule has 0 radical (unpaired) electrons. The molecule has 1 unspecified atom stereocenters. The fourth-order valence-electron chi connectivity index (χ4n) is 2.01. The number of rotatable bonds is 6. The zero-order valence-corrected chi connectivity index (χ0v) is 11.3. The number of H-pyrrole nitrogens is 1. The van der Waals surface area contributed by atoms with Crippen molar-refractivity contribution in [1.29, 1.82) is 0 Å². The van der Waals surface area contributed by atoms with Gasteiger partial charge in [0.15, 0.2) is 0 Å². The third-order valence-electron chi connectivity index (χ3n) is 3.25. The van der Waals surface area contributed by atoms with Crippen LogP contribution >= 0.6 is 0 Å². The molecular formula is C13H18N6O. The molecule has 2 aromatic heterocycles. The molecule has 0 bridgehead atoms. The number of amides is 1. The SMILES string of the molecule is CC(Nc1cnn(CC(=O)NC2CC2)c1)c1ccn[nH]1. The van der Waals surface area contributed by atoms with E-state index in [0.717, 1.165) is 24.2 Å². The van der Waals surface area contributed by atoms with E-state index in [-0.39, 0.29) is 18.5 Å². The lowest BCUT2D eigenvalue weighted by molar-refractivity contribution is -0.122. The van der Waals surface area contributed by atoms with Crippen LogP contribution in [0, 0.1) is 0 Å². The van der Waals surface area contributed by atoms with Gasteiger partial charge in [-0.2, -0.15) is 10.2 Å². The zero-order chi connectivity index (χ0) is 13.9. The molecule has 1 aliphatic rings. The first kappa shape index (κ1) is 12.7.